The smallest absolute Gasteiger partial charge is 0.0491 e. The van der Waals surface area contributed by atoms with Gasteiger partial charge < -0.3 is 4.57 Å². The molecule has 0 fully saturated rings. The van der Waals surface area contributed by atoms with E-state index in [1.54, 1.807) is 0 Å². The summed E-state index contributed by atoms with van der Waals surface area (Å²) in [7, 11) is 0. The number of nitrogens with zero attached hydrogens (tertiary/aromatic N) is 1. The predicted molar refractivity (Wildman–Crippen MR) is 250 cm³/mol. The van der Waals surface area contributed by atoms with E-state index in [9.17, 15) is 0 Å². The Balaban J connectivity index is 0.974. The molecule has 57 heavy (non-hydrogen) atoms. The Morgan fingerprint density at radius 1 is 0.368 bits per heavy atom. The number of hydrogen-bond donors (Lipinski definition) is 0. The summed E-state index contributed by atoms with van der Waals surface area (Å²) in [6.45, 7) is 3.36. The van der Waals surface area contributed by atoms with Crippen molar-refractivity contribution in [2.45, 2.75) is 143 Å². The van der Waals surface area contributed by atoms with Crippen molar-refractivity contribution in [3.05, 3.63) is 121 Å². The highest BCUT2D eigenvalue weighted by molar-refractivity contribution is 8.05. The SMILES string of the molecule is CCCCCCCCCCCCCCCCn1c2ccc(-c3cccc4c3Sc3ccccc3S4)cc2c2cc(-c3cccc4c3Sc3ccccc3S4)ccc21. The van der Waals surface area contributed by atoms with E-state index in [1.807, 2.05) is 47.0 Å². The maximum absolute atomic E-state index is 2.63. The molecule has 7 aromatic rings. The summed E-state index contributed by atoms with van der Waals surface area (Å²) in [6, 6.07) is 45.9. The van der Waals surface area contributed by atoms with E-state index in [0.717, 1.165) is 6.54 Å². The molecule has 5 heteroatoms. The van der Waals surface area contributed by atoms with Crippen LogP contribution >= 0.6 is 47.0 Å². The normalized spacial score (nSPS) is 13.1. The molecule has 1 aromatic heterocycles. The molecule has 0 saturated heterocycles. The first kappa shape index (κ1) is 39.0. The minimum absolute atomic E-state index is 1.06. The molecule has 0 N–H and O–H groups in total. The highest BCUT2D eigenvalue weighted by Crippen LogP contribution is 2.53. The quantitative estimate of drug-likeness (QED) is 0.0843. The summed E-state index contributed by atoms with van der Waals surface area (Å²) >= 11 is 7.65. The van der Waals surface area contributed by atoms with Crippen LogP contribution in [0.1, 0.15) is 96.8 Å². The zero-order chi connectivity index (χ0) is 38.4. The Labute approximate surface area is 357 Å². The molecule has 9 rings (SSSR count). The minimum atomic E-state index is 1.06. The van der Waals surface area contributed by atoms with E-state index < -0.39 is 0 Å². The molecule has 0 radical (unpaired) electrons. The molecular formula is C52H53NS4. The summed E-state index contributed by atoms with van der Waals surface area (Å²) < 4.78 is 2.63. The topological polar surface area (TPSA) is 4.93 Å². The first-order chi connectivity index (χ1) is 28.2. The third kappa shape index (κ3) is 8.65. The van der Waals surface area contributed by atoms with Crippen LogP contribution in [0.4, 0.5) is 0 Å². The van der Waals surface area contributed by atoms with Crippen LogP contribution in [-0.4, -0.2) is 4.57 Å². The lowest BCUT2D eigenvalue weighted by Gasteiger charge is -2.21. The second kappa shape index (κ2) is 18.6. The summed E-state index contributed by atoms with van der Waals surface area (Å²) in [5, 5.41) is 2.72. The van der Waals surface area contributed by atoms with Crippen molar-refractivity contribution in [1.29, 1.82) is 0 Å². The monoisotopic (exact) mass is 819 g/mol. The van der Waals surface area contributed by atoms with Gasteiger partial charge in [0.1, 0.15) is 0 Å². The fraction of sp³-hybridized carbons (Fsp3) is 0.308. The standard InChI is InChI=1S/C52H53NS4/c1-2-3-4-5-6-7-8-9-10-11-12-13-14-19-34-53-43-32-30-37(39-22-20-28-49-51(39)56-47-26-17-15-24-45(47)54-49)35-41(43)42-36-38(31-33-44(42)53)40-23-21-29-50-52(40)57-48-27-18-16-25-46(48)55-50/h15-18,20-33,35-36H,2-14,19,34H2,1H3. The molecule has 6 aromatic carbocycles. The molecule has 0 spiro atoms. The molecule has 0 saturated carbocycles. The lowest BCUT2D eigenvalue weighted by molar-refractivity contribution is 0.528. The fourth-order valence-corrected chi connectivity index (χ4v) is 13.5. The maximum Gasteiger partial charge on any atom is 0.0491 e. The lowest BCUT2D eigenvalue weighted by atomic mass is 10.00. The first-order valence-corrected chi connectivity index (χ1v) is 24.7. The van der Waals surface area contributed by atoms with Crippen LogP contribution in [-0.2, 0) is 6.54 Å². The van der Waals surface area contributed by atoms with Crippen LogP contribution in [0, 0.1) is 0 Å². The number of unbranched alkanes of at least 4 members (excludes halogenated alkanes) is 13. The van der Waals surface area contributed by atoms with Gasteiger partial charge in [-0.1, -0.05) is 198 Å². The Kier molecular flexibility index (Phi) is 12.7. The summed E-state index contributed by atoms with van der Waals surface area (Å²) in [4.78, 5) is 10.9. The molecule has 0 atom stereocenters. The average molecular weight is 820 g/mol. The predicted octanol–water partition coefficient (Wildman–Crippen LogP) is 17.8. The van der Waals surface area contributed by atoms with Gasteiger partial charge in [0, 0.05) is 67.5 Å². The van der Waals surface area contributed by atoms with Gasteiger partial charge in [-0.05, 0) is 89.3 Å². The lowest BCUT2D eigenvalue weighted by Crippen LogP contribution is -1.98. The molecule has 2 aliphatic rings. The van der Waals surface area contributed by atoms with Crippen LogP contribution in [0.15, 0.2) is 160 Å². The van der Waals surface area contributed by atoms with E-state index in [0.29, 0.717) is 0 Å². The average Bonchev–Trinajstić information content (AvgIpc) is 3.56. The van der Waals surface area contributed by atoms with Gasteiger partial charge in [-0.3, -0.25) is 0 Å². The fourth-order valence-electron chi connectivity index (χ4n) is 8.70. The van der Waals surface area contributed by atoms with E-state index >= 15 is 0 Å². The van der Waals surface area contributed by atoms with Gasteiger partial charge in [-0.25, -0.2) is 0 Å². The highest BCUT2D eigenvalue weighted by atomic mass is 32.2. The number of benzene rings is 6. The van der Waals surface area contributed by atoms with Crippen molar-refractivity contribution in [2.75, 3.05) is 0 Å². The van der Waals surface area contributed by atoms with Crippen molar-refractivity contribution in [3.8, 4) is 22.3 Å². The molecule has 1 nitrogen and oxygen atoms in total. The Morgan fingerprint density at radius 2 is 0.754 bits per heavy atom. The third-order valence-corrected chi connectivity index (χ3v) is 17.0. The molecule has 0 bridgehead atoms. The van der Waals surface area contributed by atoms with Crippen molar-refractivity contribution in [2.24, 2.45) is 0 Å². The molecule has 0 unspecified atom stereocenters. The number of aryl methyl sites for hydroxylation is 1. The van der Waals surface area contributed by atoms with Crippen LogP contribution in [0.25, 0.3) is 44.1 Å². The number of fused-ring (bicyclic) bond motifs is 7. The molecule has 290 valence electrons. The second-order valence-corrected chi connectivity index (χ2v) is 20.1. The van der Waals surface area contributed by atoms with Crippen LogP contribution in [0.3, 0.4) is 0 Å². The molecular weight excluding hydrogens is 767 g/mol. The largest absolute Gasteiger partial charge is 0.340 e. The van der Waals surface area contributed by atoms with Crippen molar-refractivity contribution >= 4 is 68.9 Å². The van der Waals surface area contributed by atoms with Gasteiger partial charge in [0.05, 0.1) is 0 Å². The zero-order valence-electron chi connectivity index (χ0n) is 33.2. The van der Waals surface area contributed by atoms with Crippen molar-refractivity contribution < 1.29 is 0 Å². The van der Waals surface area contributed by atoms with E-state index in [4.69, 9.17) is 0 Å². The number of aromatic nitrogens is 1. The van der Waals surface area contributed by atoms with E-state index in [-0.39, 0.29) is 0 Å². The van der Waals surface area contributed by atoms with Crippen LogP contribution in [0.5, 0.6) is 0 Å². The molecule has 2 aliphatic heterocycles. The van der Waals surface area contributed by atoms with Gasteiger partial charge in [-0.15, -0.1) is 0 Å². The van der Waals surface area contributed by atoms with Gasteiger partial charge in [-0.2, -0.15) is 0 Å². The number of rotatable bonds is 17. The summed E-state index contributed by atoms with van der Waals surface area (Å²) in [5.74, 6) is 0. The van der Waals surface area contributed by atoms with E-state index in [2.05, 4.69) is 133 Å². The summed E-state index contributed by atoms with van der Waals surface area (Å²) in [6.07, 6.45) is 19.4. The molecule has 0 aliphatic carbocycles. The van der Waals surface area contributed by atoms with Crippen LogP contribution in [0.2, 0.25) is 0 Å². The van der Waals surface area contributed by atoms with Gasteiger partial charge in [0.2, 0.25) is 0 Å². The zero-order valence-corrected chi connectivity index (χ0v) is 36.5. The highest BCUT2D eigenvalue weighted by Gasteiger charge is 2.23. The second-order valence-electron chi connectivity index (χ2n) is 15.8. The Morgan fingerprint density at radius 3 is 1.19 bits per heavy atom. The minimum Gasteiger partial charge on any atom is -0.340 e. The molecule has 3 heterocycles. The first-order valence-electron chi connectivity index (χ1n) is 21.5. The van der Waals surface area contributed by atoms with Gasteiger partial charge in [0.15, 0.2) is 0 Å². The van der Waals surface area contributed by atoms with Gasteiger partial charge >= 0.3 is 0 Å². The Bertz CT molecular complexity index is 2340. The van der Waals surface area contributed by atoms with Gasteiger partial charge in [0.25, 0.3) is 0 Å². The van der Waals surface area contributed by atoms with E-state index in [1.165, 1.54) is 173 Å². The van der Waals surface area contributed by atoms with Crippen molar-refractivity contribution in [1.82, 2.24) is 4.57 Å². The maximum atomic E-state index is 2.63. The third-order valence-electron chi connectivity index (χ3n) is 11.7. The van der Waals surface area contributed by atoms with Crippen molar-refractivity contribution in [3.63, 3.8) is 0 Å². The Hall–Kier alpha value is -3.48. The van der Waals surface area contributed by atoms with Crippen LogP contribution < -0.4 is 0 Å². The summed E-state index contributed by atoms with van der Waals surface area (Å²) in [5.41, 5.74) is 7.96. The molecule has 0 amide bonds. The number of hydrogen-bond acceptors (Lipinski definition) is 4.